The van der Waals surface area contributed by atoms with E-state index >= 15 is 0 Å². The van der Waals surface area contributed by atoms with E-state index in [1.165, 1.54) is 7.11 Å². The van der Waals surface area contributed by atoms with Gasteiger partial charge in [-0.05, 0) is 19.8 Å². The lowest BCUT2D eigenvalue weighted by atomic mass is 10.0. The van der Waals surface area contributed by atoms with Crippen LogP contribution >= 0.6 is 0 Å². The van der Waals surface area contributed by atoms with E-state index in [9.17, 15) is 9.59 Å². The predicted molar refractivity (Wildman–Crippen MR) is 62.4 cm³/mol. The van der Waals surface area contributed by atoms with Crippen molar-refractivity contribution in [2.45, 2.75) is 26.2 Å². The Morgan fingerprint density at radius 1 is 1.47 bits per heavy atom. The smallest absolute Gasteiger partial charge is 0.307 e. The highest BCUT2D eigenvalue weighted by atomic mass is 16.5. The monoisotopic (exact) mass is 243 g/mol. The highest BCUT2D eigenvalue weighted by Crippen LogP contribution is 2.16. The molecule has 5 heteroatoms. The first-order valence-electron chi connectivity index (χ1n) is 6.12. The molecule has 1 fully saturated rings. The van der Waals surface area contributed by atoms with Crippen molar-refractivity contribution in [1.29, 1.82) is 0 Å². The summed E-state index contributed by atoms with van der Waals surface area (Å²) < 4.78 is 9.87. The van der Waals surface area contributed by atoms with Crippen molar-refractivity contribution >= 4 is 11.9 Å². The lowest BCUT2D eigenvalue weighted by molar-refractivity contribution is -0.143. The van der Waals surface area contributed by atoms with E-state index in [0.717, 1.165) is 19.4 Å². The minimum Gasteiger partial charge on any atom is -0.469 e. The highest BCUT2D eigenvalue weighted by Gasteiger charge is 2.25. The van der Waals surface area contributed by atoms with Crippen LogP contribution in [0.3, 0.4) is 0 Å². The Labute approximate surface area is 102 Å². The number of methoxy groups -OCH3 is 1. The number of ether oxygens (including phenoxy) is 2. The number of hydrogen-bond acceptors (Lipinski definition) is 4. The minimum absolute atomic E-state index is 0.0404. The summed E-state index contributed by atoms with van der Waals surface area (Å²) in [5.41, 5.74) is 0. The van der Waals surface area contributed by atoms with Crippen LogP contribution in [-0.2, 0) is 19.1 Å². The van der Waals surface area contributed by atoms with Crippen molar-refractivity contribution in [1.82, 2.24) is 4.90 Å². The predicted octanol–water partition coefficient (Wildman–Crippen LogP) is 0.825. The molecule has 5 nitrogen and oxygen atoms in total. The molecule has 0 spiro atoms. The second-order valence-electron chi connectivity index (χ2n) is 4.16. The number of amides is 1. The van der Waals surface area contributed by atoms with E-state index in [0.29, 0.717) is 19.7 Å². The van der Waals surface area contributed by atoms with E-state index in [2.05, 4.69) is 4.74 Å². The summed E-state index contributed by atoms with van der Waals surface area (Å²) in [6, 6.07) is 0. The molecule has 1 rings (SSSR count). The molecule has 1 saturated heterocycles. The van der Waals surface area contributed by atoms with E-state index < -0.39 is 0 Å². The third-order valence-corrected chi connectivity index (χ3v) is 3.02. The van der Waals surface area contributed by atoms with Crippen molar-refractivity contribution < 1.29 is 19.1 Å². The van der Waals surface area contributed by atoms with Gasteiger partial charge >= 0.3 is 5.97 Å². The third kappa shape index (κ3) is 4.34. The molecule has 1 unspecified atom stereocenters. The summed E-state index contributed by atoms with van der Waals surface area (Å²) in [4.78, 5) is 24.9. The Balaban J connectivity index is 2.42. The second kappa shape index (κ2) is 7.27. The topological polar surface area (TPSA) is 55.8 Å². The molecule has 0 aromatic rings. The van der Waals surface area contributed by atoms with Crippen LogP contribution in [0.25, 0.3) is 0 Å². The van der Waals surface area contributed by atoms with Crippen LogP contribution in [0.15, 0.2) is 0 Å². The zero-order chi connectivity index (χ0) is 12.7. The van der Waals surface area contributed by atoms with Gasteiger partial charge in [0.25, 0.3) is 0 Å². The molecule has 17 heavy (non-hydrogen) atoms. The van der Waals surface area contributed by atoms with Gasteiger partial charge in [0.2, 0.25) is 5.91 Å². The molecule has 1 atom stereocenters. The van der Waals surface area contributed by atoms with Gasteiger partial charge in [0.1, 0.15) is 0 Å². The SMILES string of the molecule is CCN(CCC(=O)OC)C(=O)C1CCCOC1. The molecule has 0 aromatic heterocycles. The number of nitrogens with zero attached hydrogens (tertiary/aromatic N) is 1. The van der Waals surface area contributed by atoms with Crippen molar-refractivity contribution in [2.24, 2.45) is 5.92 Å². The van der Waals surface area contributed by atoms with Gasteiger partial charge in [-0.1, -0.05) is 0 Å². The Morgan fingerprint density at radius 2 is 2.24 bits per heavy atom. The van der Waals surface area contributed by atoms with Gasteiger partial charge in [-0.3, -0.25) is 9.59 Å². The molecule has 0 radical (unpaired) electrons. The summed E-state index contributed by atoms with van der Waals surface area (Å²) in [5.74, 6) is -0.228. The summed E-state index contributed by atoms with van der Waals surface area (Å²) in [7, 11) is 1.36. The van der Waals surface area contributed by atoms with Crippen LogP contribution in [0.1, 0.15) is 26.2 Å². The van der Waals surface area contributed by atoms with Crippen molar-refractivity contribution in [3.05, 3.63) is 0 Å². The molecule has 1 aliphatic rings. The van der Waals surface area contributed by atoms with Crippen LogP contribution in [0.5, 0.6) is 0 Å². The fraction of sp³-hybridized carbons (Fsp3) is 0.833. The van der Waals surface area contributed by atoms with E-state index in [4.69, 9.17) is 4.74 Å². The Morgan fingerprint density at radius 3 is 2.76 bits per heavy atom. The van der Waals surface area contributed by atoms with Crippen LogP contribution in [-0.4, -0.2) is 50.2 Å². The summed E-state index contributed by atoms with van der Waals surface area (Å²) in [5, 5.41) is 0. The molecule has 0 bridgehead atoms. The molecule has 0 aliphatic carbocycles. The van der Waals surface area contributed by atoms with Crippen molar-refractivity contribution in [3.63, 3.8) is 0 Å². The second-order valence-corrected chi connectivity index (χ2v) is 4.16. The maximum atomic E-state index is 12.1. The highest BCUT2D eigenvalue weighted by molar-refractivity contribution is 5.79. The van der Waals surface area contributed by atoms with Crippen molar-refractivity contribution in [2.75, 3.05) is 33.4 Å². The first-order chi connectivity index (χ1) is 8.19. The quantitative estimate of drug-likeness (QED) is 0.671. The first-order valence-corrected chi connectivity index (χ1v) is 6.12. The third-order valence-electron chi connectivity index (χ3n) is 3.02. The molecule has 98 valence electrons. The van der Waals surface area contributed by atoms with Crippen LogP contribution in [0.2, 0.25) is 0 Å². The Hall–Kier alpha value is -1.10. The molecule has 0 aromatic carbocycles. The number of carbonyl (C=O) groups is 2. The van der Waals surface area contributed by atoms with Crippen LogP contribution in [0, 0.1) is 5.92 Å². The van der Waals surface area contributed by atoms with Gasteiger partial charge in [-0.2, -0.15) is 0 Å². The normalized spacial score (nSPS) is 19.8. The van der Waals surface area contributed by atoms with Gasteiger partial charge in [0.15, 0.2) is 0 Å². The molecule has 0 N–H and O–H groups in total. The zero-order valence-electron chi connectivity index (χ0n) is 10.6. The van der Waals surface area contributed by atoms with Crippen LogP contribution in [0.4, 0.5) is 0 Å². The van der Waals surface area contributed by atoms with Gasteiger partial charge in [0.05, 0.1) is 26.1 Å². The number of esters is 1. The van der Waals surface area contributed by atoms with Crippen molar-refractivity contribution in [3.8, 4) is 0 Å². The molecular formula is C12H21NO4. The summed E-state index contributed by atoms with van der Waals surface area (Å²) in [6.07, 6.45) is 2.07. The maximum Gasteiger partial charge on any atom is 0.307 e. The molecule has 1 aliphatic heterocycles. The fourth-order valence-electron chi connectivity index (χ4n) is 1.95. The van der Waals surface area contributed by atoms with Gasteiger partial charge in [-0.15, -0.1) is 0 Å². The standard InChI is InChI=1S/C12H21NO4/c1-3-13(7-6-11(14)16-2)12(15)10-5-4-8-17-9-10/h10H,3-9H2,1-2H3. The minimum atomic E-state index is -0.281. The average Bonchev–Trinajstić information content (AvgIpc) is 2.39. The van der Waals surface area contributed by atoms with E-state index in [1.807, 2.05) is 6.92 Å². The number of rotatable bonds is 5. The lowest BCUT2D eigenvalue weighted by Gasteiger charge is -2.28. The van der Waals surface area contributed by atoms with Gasteiger partial charge in [-0.25, -0.2) is 0 Å². The molecular weight excluding hydrogens is 222 g/mol. The Bertz CT molecular complexity index is 261. The average molecular weight is 243 g/mol. The fourth-order valence-corrected chi connectivity index (χ4v) is 1.95. The number of hydrogen-bond donors (Lipinski definition) is 0. The maximum absolute atomic E-state index is 12.1. The Kier molecular flexibility index (Phi) is 5.97. The molecule has 0 saturated carbocycles. The molecule has 1 amide bonds. The summed E-state index contributed by atoms with van der Waals surface area (Å²) >= 11 is 0. The number of carbonyl (C=O) groups excluding carboxylic acids is 2. The lowest BCUT2D eigenvalue weighted by Crippen LogP contribution is -2.40. The summed E-state index contributed by atoms with van der Waals surface area (Å²) in [6.45, 7) is 4.22. The van der Waals surface area contributed by atoms with E-state index in [1.54, 1.807) is 4.90 Å². The van der Waals surface area contributed by atoms with Gasteiger partial charge in [0, 0.05) is 19.7 Å². The molecule has 1 heterocycles. The zero-order valence-corrected chi connectivity index (χ0v) is 10.6. The van der Waals surface area contributed by atoms with Gasteiger partial charge < -0.3 is 14.4 Å². The largest absolute Gasteiger partial charge is 0.469 e. The van der Waals surface area contributed by atoms with E-state index in [-0.39, 0.29) is 24.2 Å². The first kappa shape index (κ1) is 14.0. The van der Waals surface area contributed by atoms with Crippen LogP contribution < -0.4 is 0 Å².